The summed E-state index contributed by atoms with van der Waals surface area (Å²) in [6.45, 7) is 1.79. The molecule has 6 nitrogen and oxygen atoms in total. The van der Waals surface area contributed by atoms with E-state index in [1.807, 2.05) is 12.1 Å². The number of anilines is 1. The van der Waals surface area contributed by atoms with Gasteiger partial charge in [0.2, 0.25) is 0 Å². The fraction of sp³-hybridized carbons (Fsp3) is 0.333. The molecule has 1 aliphatic heterocycles. The van der Waals surface area contributed by atoms with Crippen LogP contribution in [0.4, 0.5) is 5.82 Å². The highest BCUT2D eigenvalue weighted by atomic mass is 16.5. The molecule has 110 valence electrons. The van der Waals surface area contributed by atoms with E-state index >= 15 is 0 Å². The van der Waals surface area contributed by atoms with Crippen molar-refractivity contribution >= 4 is 11.4 Å². The number of methoxy groups -OCH3 is 1. The molecule has 0 spiro atoms. The van der Waals surface area contributed by atoms with Gasteiger partial charge in [-0.1, -0.05) is 6.08 Å². The molecule has 3 rings (SSSR count). The summed E-state index contributed by atoms with van der Waals surface area (Å²) in [5, 5.41) is 0. The Morgan fingerprint density at radius 1 is 1.52 bits per heavy atom. The Morgan fingerprint density at radius 3 is 3.19 bits per heavy atom. The van der Waals surface area contributed by atoms with E-state index in [0.717, 1.165) is 24.3 Å². The second-order valence-corrected chi connectivity index (χ2v) is 4.90. The van der Waals surface area contributed by atoms with Crippen molar-refractivity contribution in [3.05, 3.63) is 52.5 Å². The number of aromatic amines is 1. The van der Waals surface area contributed by atoms with Crippen LogP contribution in [0, 0.1) is 0 Å². The van der Waals surface area contributed by atoms with E-state index in [9.17, 15) is 4.79 Å². The van der Waals surface area contributed by atoms with Crippen molar-refractivity contribution < 1.29 is 9.15 Å². The van der Waals surface area contributed by atoms with Crippen molar-refractivity contribution in [1.29, 1.82) is 0 Å². The minimum atomic E-state index is -0.166. The van der Waals surface area contributed by atoms with Crippen molar-refractivity contribution in [3.8, 4) is 0 Å². The van der Waals surface area contributed by atoms with E-state index in [-0.39, 0.29) is 12.2 Å². The zero-order valence-corrected chi connectivity index (χ0v) is 11.8. The van der Waals surface area contributed by atoms with Gasteiger partial charge in [-0.2, -0.15) is 0 Å². The third kappa shape index (κ3) is 3.05. The number of hydrogen-bond donors (Lipinski definition) is 1. The summed E-state index contributed by atoms with van der Waals surface area (Å²) in [5.74, 6) is 2.07. The Kier molecular flexibility index (Phi) is 3.87. The highest BCUT2D eigenvalue weighted by Gasteiger charge is 2.18. The fourth-order valence-electron chi connectivity index (χ4n) is 2.44. The summed E-state index contributed by atoms with van der Waals surface area (Å²) in [4.78, 5) is 20.9. The van der Waals surface area contributed by atoms with E-state index < -0.39 is 0 Å². The minimum Gasteiger partial charge on any atom is -0.465 e. The number of aromatic nitrogens is 2. The van der Waals surface area contributed by atoms with Crippen LogP contribution in [0.2, 0.25) is 0 Å². The smallest absolute Gasteiger partial charge is 0.253 e. The second-order valence-electron chi connectivity index (χ2n) is 4.90. The van der Waals surface area contributed by atoms with E-state index in [1.165, 1.54) is 6.07 Å². The van der Waals surface area contributed by atoms with Crippen LogP contribution in [-0.2, 0) is 11.3 Å². The quantitative estimate of drug-likeness (QED) is 0.928. The number of nitrogens with one attached hydrogen (secondary N) is 1. The lowest BCUT2D eigenvalue weighted by atomic mass is 10.1. The van der Waals surface area contributed by atoms with E-state index in [2.05, 4.69) is 20.9 Å². The lowest BCUT2D eigenvalue weighted by Gasteiger charge is -2.27. The Labute approximate surface area is 122 Å². The van der Waals surface area contributed by atoms with Crippen molar-refractivity contribution in [1.82, 2.24) is 9.97 Å². The second kappa shape index (κ2) is 5.97. The van der Waals surface area contributed by atoms with Crippen molar-refractivity contribution in [2.24, 2.45) is 0 Å². The van der Waals surface area contributed by atoms with Gasteiger partial charge in [-0.05, 0) is 18.6 Å². The van der Waals surface area contributed by atoms with Gasteiger partial charge < -0.3 is 19.0 Å². The normalized spacial score (nSPS) is 15.1. The molecule has 21 heavy (non-hydrogen) atoms. The van der Waals surface area contributed by atoms with Gasteiger partial charge in [-0.3, -0.25) is 4.79 Å². The molecule has 0 saturated heterocycles. The molecule has 3 heterocycles. The first-order chi connectivity index (χ1) is 10.3. The standard InChI is InChI=1S/C15H17N3O3/c1-20-10-13-16-14(8-15(19)17-13)18-6-2-4-11(9-18)12-5-3-7-21-12/h3-5,7-8H,2,6,9-10H2,1H3,(H,16,17,19). The first kappa shape index (κ1) is 13.6. The molecule has 1 aliphatic rings. The summed E-state index contributed by atoms with van der Waals surface area (Å²) in [5.41, 5.74) is 0.947. The largest absolute Gasteiger partial charge is 0.465 e. The van der Waals surface area contributed by atoms with Crippen molar-refractivity contribution in [2.45, 2.75) is 13.0 Å². The zero-order chi connectivity index (χ0) is 14.7. The number of H-pyrrole nitrogens is 1. The predicted molar refractivity (Wildman–Crippen MR) is 79.1 cm³/mol. The summed E-state index contributed by atoms with van der Waals surface area (Å²) >= 11 is 0. The van der Waals surface area contributed by atoms with Crippen LogP contribution in [0.3, 0.4) is 0 Å². The molecule has 0 aromatic carbocycles. The zero-order valence-electron chi connectivity index (χ0n) is 11.8. The molecule has 0 saturated carbocycles. The lowest BCUT2D eigenvalue weighted by Crippen LogP contribution is -2.31. The molecule has 0 bridgehead atoms. The monoisotopic (exact) mass is 287 g/mol. The SMILES string of the molecule is COCc1nc(N2CCC=C(c3ccco3)C2)cc(=O)[nH]1. The summed E-state index contributed by atoms with van der Waals surface area (Å²) in [7, 11) is 1.57. The first-order valence-electron chi connectivity index (χ1n) is 6.83. The molecule has 2 aromatic rings. The molecule has 0 unspecified atom stereocenters. The molecular formula is C15H17N3O3. The summed E-state index contributed by atoms with van der Waals surface area (Å²) in [6, 6.07) is 5.33. The number of nitrogens with zero attached hydrogens (tertiary/aromatic N) is 2. The molecule has 2 aromatic heterocycles. The van der Waals surface area contributed by atoms with Crippen molar-refractivity contribution in [3.63, 3.8) is 0 Å². The number of ether oxygens (including phenoxy) is 1. The summed E-state index contributed by atoms with van der Waals surface area (Å²) < 4.78 is 10.5. The highest BCUT2D eigenvalue weighted by Crippen LogP contribution is 2.23. The van der Waals surface area contributed by atoms with E-state index in [4.69, 9.17) is 9.15 Å². The average Bonchev–Trinajstić information content (AvgIpc) is 3.01. The van der Waals surface area contributed by atoms with Crippen LogP contribution in [-0.4, -0.2) is 30.2 Å². The van der Waals surface area contributed by atoms with Crippen LogP contribution in [0.5, 0.6) is 0 Å². The molecular weight excluding hydrogens is 270 g/mol. The topological polar surface area (TPSA) is 71.4 Å². The van der Waals surface area contributed by atoms with Crippen LogP contribution in [0.15, 0.2) is 39.7 Å². The molecule has 1 N–H and O–H groups in total. The van der Waals surface area contributed by atoms with Crippen LogP contribution in [0.25, 0.3) is 5.57 Å². The van der Waals surface area contributed by atoms with Crippen LogP contribution >= 0.6 is 0 Å². The van der Waals surface area contributed by atoms with E-state index in [1.54, 1.807) is 13.4 Å². The van der Waals surface area contributed by atoms with Gasteiger partial charge in [-0.15, -0.1) is 0 Å². The highest BCUT2D eigenvalue weighted by molar-refractivity contribution is 5.67. The van der Waals surface area contributed by atoms with Gasteiger partial charge in [0, 0.05) is 31.8 Å². The van der Waals surface area contributed by atoms with Crippen LogP contribution < -0.4 is 10.5 Å². The fourth-order valence-corrected chi connectivity index (χ4v) is 2.44. The Morgan fingerprint density at radius 2 is 2.43 bits per heavy atom. The molecule has 0 radical (unpaired) electrons. The minimum absolute atomic E-state index is 0.166. The van der Waals surface area contributed by atoms with Gasteiger partial charge >= 0.3 is 0 Å². The predicted octanol–water partition coefficient (Wildman–Crippen LogP) is 1.80. The Bertz CT molecular complexity index is 688. The van der Waals surface area contributed by atoms with Gasteiger partial charge in [-0.25, -0.2) is 4.98 Å². The maximum absolute atomic E-state index is 11.7. The maximum Gasteiger partial charge on any atom is 0.253 e. The molecule has 0 atom stereocenters. The van der Waals surface area contributed by atoms with Gasteiger partial charge in [0.25, 0.3) is 5.56 Å². The number of rotatable bonds is 4. The molecule has 6 heteroatoms. The molecule has 0 fully saturated rings. The van der Waals surface area contributed by atoms with Gasteiger partial charge in [0.05, 0.1) is 6.26 Å². The third-order valence-corrected chi connectivity index (χ3v) is 3.37. The van der Waals surface area contributed by atoms with E-state index in [0.29, 0.717) is 18.2 Å². The Balaban J connectivity index is 1.85. The number of furan rings is 1. The Hall–Kier alpha value is -2.34. The van der Waals surface area contributed by atoms with Gasteiger partial charge in [0.1, 0.15) is 24.0 Å². The molecule has 0 amide bonds. The average molecular weight is 287 g/mol. The van der Waals surface area contributed by atoms with Crippen LogP contribution in [0.1, 0.15) is 18.0 Å². The summed E-state index contributed by atoms with van der Waals surface area (Å²) in [6.07, 6.45) is 4.72. The first-order valence-corrected chi connectivity index (χ1v) is 6.83. The molecule has 0 aliphatic carbocycles. The van der Waals surface area contributed by atoms with Crippen molar-refractivity contribution in [2.75, 3.05) is 25.1 Å². The number of hydrogen-bond acceptors (Lipinski definition) is 5. The third-order valence-electron chi connectivity index (χ3n) is 3.37. The maximum atomic E-state index is 11.7. The van der Waals surface area contributed by atoms with Gasteiger partial charge in [0.15, 0.2) is 0 Å². The lowest BCUT2D eigenvalue weighted by molar-refractivity contribution is 0.177.